The van der Waals surface area contributed by atoms with Crippen LogP contribution in [0.25, 0.3) is 0 Å². The van der Waals surface area contributed by atoms with Crippen molar-refractivity contribution in [1.82, 2.24) is 4.90 Å². The minimum Gasteiger partial charge on any atom is -0.340 e. The number of nitrogens with zero attached hydrogens (tertiary/aromatic N) is 2. The van der Waals surface area contributed by atoms with Crippen molar-refractivity contribution in [2.45, 2.75) is 6.92 Å². The summed E-state index contributed by atoms with van der Waals surface area (Å²) in [4.78, 5) is 13.0. The maximum Gasteiger partial charge on any atom is 0.256 e. The van der Waals surface area contributed by atoms with Crippen molar-refractivity contribution >= 4 is 17.5 Å². The molecule has 1 amide bonds. The van der Waals surface area contributed by atoms with Crippen molar-refractivity contribution in [3.05, 3.63) is 34.4 Å². The van der Waals surface area contributed by atoms with Crippen LogP contribution < -0.4 is 0 Å². The fourth-order valence-electron chi connectivity index (χ4n) is 1.43. The molecule has 6 heteroatoms. The lowest BCUT2D eigenvalue weighted by Crippen LogP contribution is -2.31. The number of nitriles is 1. The van der Waals surface area contributed by atoms with Gasteiger partial charge in [0.05, 0.1) is 22.6 Å². The van der Waals surface area contributed by atoms with Crippen LogP contribution in [0.1, 0.15) is 17.3 Å². The largest absolute Gasteiger partial charge is 0.340 e. The molecule has 1 rings (SSSR count). The van der Waals surface area contributed by atoms with E-state index in [0.29, 0.717) is 0 Å². The number of hydrogen-bond donors (Lipinski definition) is 0. The Bertz CT molecular complexity index is 514. The number of carbonyl (C=O) groups excluding carboxylic acids is 1. The van der Waals surface area contributed by atoms with Gasteiger partial charge < -0.3 is 4.90 Å². The number of hydrogen-bond acceptors (Lipinski definition) is 2. The first-order chi connectivity index (χ1) is 8.36. The van der Waals surface area contributed by atoms with Gasteiger partial charge in [-0.1, -0.05) is 11.6 Å². The molecule has 0 saturated heterocycles. The van der Waals surface area contributed by atoms with Gasteiger partial charge in [0.2, 0.25) is 0 Å². The van der Waals surface area contributed by atoms with Crippen molar-refractivity contribution in [3.8, 4) is 6.07 Å². The Morgan fingerprint density at radius 2 is 2.11 bits per heavy atom. The lowest BCUT2D eigenvalue weighted by Gasteiger charge is -2.18. The molecule has 1 aromatic rings. The molecule has 0 aromatic heterocycles. The first-order valence-electron chi connectivity index (χ1n) is 5.16. The van der Waals surface area contributed by atoms with E-state index in [1.807, 2.05) is 6.07 Å². The Labute approximate surface area is 109 Å². The highest BCUT2D eigenvalue weighted by Crippen LogP contribution is 2.20. The fraction of sp³-hybridized carbons (Fsp3) is 0.333. The van der Waals surface area contributed by atoms with E-state index >= 15 is 0 Å². The van der Waals surface area contributed by atoms with Crippen molar-refractivity contribution in [3.63, 3.8) is 0 Å². The van der Waals surface area contributed by atoms with Gasteiger partial charge in [-0.25, -0.2) is 8.78 Å². The third kappa shape index (κ3) is 3.17. The molecule has 0 aliphatic carbocycles. The lowest BCUT2D eigenvalue weighted by atomic mass is 10.1. The van der Waals surface area contributed by atoms with E-state index in [4.69, 9.17) is 16.9 Å². The smallest absolute Gasteiger partial charge is 0.256 e. The van der Waals surface area contributed by atoms with Gasteiger partial charge in [0, 0.05) is 13.6 Å². The SMILES string of the molecule is CC(C#N)CN(C)C(=O)c1cc(F)c(Cl)cc1F. The molecule has 0 heterocycles. The van der Waals surface area contributed by atoms with Gasteiger partial charge in [0.25, 0.3) is 5.91 Å². The zero-order valence-corrected chi connectivity index (χ0v) is 10.6. The zero-order chi connectivity index (χ0) is 13.9. The van der Waals surface area contributed by atoms with Crippen LogP contribution in [-0.4, -0.2) is 24.4 Å². The first-order valence-corrected chi connectivity index (χ1v) is 5.54. The van der Waals surface area contributed by atoms with Gasteiger partial charge in [0.1, 0.15) is 11.6 Å². The summed E-state index contributed by atoms with van der Waals surface area (Å²) < 4.78 is 26.7. The number of rotatable bonds is 3. The molecule has 0 N–H and O–H groups in total. The Morgan fingerprint density at radius 3 is 2.67 bits per heavy atom. The highest BCUT2D eigenvalue weighted by Gasteiger charge is 2.20. The maximum absolute atomic E-state index is 13.5. The van der Waals surface area contributed by atoms with Crippen LogP contribution in [0, 0.1) is 28.9 Å². The summed E-state index contributed by atoms with van der Waals surface area (Å²) in [6, 6.07) is 3.47. The van der Waals surface area contributed by atoms with Gasteiger partial charge in [-0.05, 0) is 19.1 Å². The first kappa shape index (κ1) is 14.4. The average molecular weight is 273 g/mol. The molecule has 1 aromatic carbocycles. The van der Waals surface area contributed by atoms with Crippen molar-refractivity contribution in [2.24, 2.45) is 5.92 Å². The van der Waals surface area contributed by atoms with Crippen LogP contribution in [0.2, 0.25) is 5.02 Å². The summed E-state index contributed by atoms with van der Waals surface area (Å²) in [7, 11) is 1.42. The van der Waals surface area contributed by atoms with E-state index < -0.39 is 23.1 Å². The van der Waals surface area contributed by atoms with Gasteiger partial charge in [-0.2, -0.15) is 5.26 Å². The Balaban J connectivity index is 2.98. The number of halogens is 3. The second-order valence-electron chi connectivity index (χ2n) is 3.96. The van der Waals surface area contributed by atoms with E-state index in [0.717, 1.165) is 12.1 Å². The molecule has 0 saturated carbocycles. The van der Waals surface area contributed by atoms with Crippen LogP contribution in [0.15, 0.2) is 12.1 Å². The third-order valence-corrected chi connectivity index (χ3v) is 2.64. The van der Waals surface area contributed by atoms with E-state index in [9.17, 15) is 13.6 Å². The normalized spacial score (nSPS) is 11.8. The minimum atomic E-state index is -0.886. The number of carbonyl (C=O) groups is 1. The second kappa shape index (κ2) is 5.78. The topological polar surface area (TPSA) is 44.1 Å². The molecule has 3 nitrogen and oxygen atoms in total. The van der Waals surface area contributed by atoms with Crippen molar-refractivity contribution in [1.29, 1.82) is 5.26 Å². The lowest BCUT2D eigenvalue weighted by molar-refractivity contribution is 0.0780. The fourth-order valence-corrected chi connectivity index (χ4v) is 1.58. The molecule has 18 heavy (non-hydrogen) atoms. The Kier molecular flexibility index (Phi) is 4.62. The predicted octanol–water partition coefficient (Wildman–Crippen LogP) is 2.85. The van der Waals surface area contributed by atoms with Gasteiger partial charge in [-0.3, -0.25) is 4.79 Å². The summed E-state index contributed by atoms with van der Waals surface area (Å²) in [5, 5.41) is 8.25. The molecule has 0 radical (unpaired) electrons. The summed E-state index contributed by atoms with van der Waals surface area (Å²) in [6.07, 6.45) is 0. The van der Waals surface area contributed by atoms with E-state index in [1.165, 1.54) is 11.9 Å². The van der Waals surface area contributed by atoms with Crippen LogP contribution >= 0.6 is 11.6 Å². The molecule has 1 unspecified atom stereocenters. The predicted molar refractivity (Wildman–Crippen MR) is 63.1 cm³/mol. The second-order valence-corrected chi connectivity index (χ2v) is 4.37. The highest BCUT2D eigenvalue weighted by molar-refractivity contribution is 6.30. The van der Waals surface area contributed by atoms with Gasteiger partial charge >= 0.3 is 0 Å². The molecule has 96 valence electrons. The molecule has 0 fully saturated rings. The van der Waals surface area contributed by atoms with Crippen molar-refractivity contribution < 1.29 is 13.6 Å². The van der Waals surface area contributed by atoms with Gasteiger partial charge in [-0.15, -0.1) is 0 Å². The van der Waals surface area contributed by atoms with Crippen LogP contribution in [0.5, 0.6) is 0 Å². The molecule has 0 bridgehead atoms. The van der Waals surface area contributed by atoms with E-state index in [1.54, 1.807) is 6.92 Å². The maximum atomic E-state index is 13.5. The quantitative estimate of drug-likeness (QED) is 0.794. The Hall–Kier alpha value is -1.67. The zero-order valence-electron chi connectivity index (χ0n) is 9.88. The molecular weight excluding hydrogens is 262 g/mol. The summed E-state index contributed by atoms with van der Waals surface area (Å²) in [5.74, 6) is -2.82. The summed E-state index contributed by atoms with van der Waals surface area (Å²) >= 11 is 5.39. The average Bonchev–Trinajstić information content (AvgIpc) is 2.32. The van der Waals surface area contributed by atoms with Crippen molar-refractivity contribution in [2.75, 3.05) is 13.6 Å². The summed E-state index contributed by atoms with van der Waals surface area (Å²) in [5.41, 5.74) is -0.399. The molecule has 0 aliphatic rings. The van der Waals surface area contributed by atoms with Crippen LogP contribution in [0.4, 0.5) is 8.78 Å². The van der Waals surface area contributed by atoms with E-state index in [2.05, 4.69) is 0 Å². The standard InChI is InChI=1S/C12H11ClF2N2O/c1-7(5-16)6-17(2)12(18)8-3-11(15)9(13)4-10(8)14/h3-4,7H,6H2,1-2H3. The third-order valence-electron chi connectivity index (χ3n) is 2.36. The molecule has 0 spiro atoms. The molecule has 1 atom stereocenters. The monoisotopic (exact) mass is 272 g/mol. The van der Waals surface area contributed by atoms with E-state index in [-0.39, 0.29) is 17.5 Å². The van der Waals surface area contributed by atoms with Gasteiger partial charge in [0.15, 0.2) is 0 Å². The van der Waals surface area contributed by atoms with Crippen LogP contribution in [0.3, 0.4) is 0 Å². The number of benzene rings is 1. The highest BCUT2D eigenvalue weighted by atomic mass is 35.5. The Morgan fingerprint density at radius 1 is 1.50 bits per heavy atom. The van der Waals surface area contributed by atoms with Crippen LogP contribution in [-0.2, 0) is 0 Å². The minimum absolute atomic E-state index is 0.138. The number of amides is 1. The molecular formula is C12H11ClF2N2O. The molecule has 0 aliphatic heterocycles. The summed E-state index contributed by atoms with van der Waals surface area (Å²) in [6.45, 7) is 1.77.